The van der Waals surface area contributed by atoms with Crippen molar-refractivity contribution in [3.05, 3.63) is 69.6 Å². The van der Waals surface area contributed by atoms with Crippen LogP contribution in [0.3, 0.4) is 0 Å². The molecule has 0 aliphatic rings. The van der Waals surface area contributed by atoms with Crippen LogP contribution in [0.15, 0.2) is 45.7 Å². The summed E-state index contributed by atoms with van der Waals surface area (Å²) in [6, 6.07) is 7.92. The van der Waals surface area contributed by atoms with E-state index in [1.54, 1.807) is 17.6 Å². The molecule has 3 rings (SSSR count). The number of carbonyl (C=O) groups is 1. The van der Waals surface area contributed by atoms with Crippen LogP contribution in [0, 0.1) is 13.8 Å². The van der Waals surface area contributed by atoms with Gasteiger partial charge in [-0.1, -0.05) is 0 Å². The first-order valence-corrected chi connectivity index (χ1v) is 10.3. The second-order valence-electron chi connectivity index (χ2n) is 5.89. The van der Waals surface area contributed by atoms with E-state index in [4.69, 9.17) is 4.42 Å². The SMILES string of the molecule is Cc1cc(C(=O)NCCSCc2ccsc2)c(C)n1Cc1ccco1. The van der Waals surface area contributed by atoms with Crippen LogP contribution >= 0.6 is 23.1 Å². The standard InChI is InChI=1S/C19H22N2O2S2/c1-14-10-18(15(2)21(14)11-17-4-3-7-23-17)19(22)20-6-9-25-13-16-5-8-24-12-16/h3-5,7-8,10,12H,6,9,11,13H2,1-2H3,(H,20,22). The highest BCUT2D eigenvalue weighted by Crippen LogP contribution is 2.18. The molecule has 0 radical (unpaired) electrons. The minimum absolute atomic E-state index is 0.00470. The van der Waals surface area contributed by atoms with Gasteiger partial charge in [0, 0.05) is 29.4 Å². The minimum Gasteiger partial charge on any atom is -0.467 e. The topological polar surface area (TPSA) is 47.2 Å². The lowest BCUT2D eigenvalue weighted by molar-refractivity contribution is 0.0955. The summed E-state index contributed by atoms with van der Waals surface area (Å²) < 4.78 is 7.53. The molecule has 1 N–H and O–H groups in total. The molecule has 0 saturated heterocycles. The quantitative estimate of drug-likeness (QED) is 0.592. The van der Waals surface area contributed by atoms with E-state index in [0.717, 1.165) is 34.2 Å². The number of nitrogens with zero attached hydrogens (tertiary/aromatic N) is 1. The van der Waals surface area contributed by atoms with E-state index in [2.05, 4.69) is 26.7 Å². The van der Waals surface area contributed by atoms with Crippen molar-refractivity contribution in [2.45, 2.75) is 26.1 Å². The Labute approximate surface area is 156 Å². The second kappa shape index (κ2) is 8.45. The van der Waals surface area contributed by atoms with Crippen molar-refractivity contribution in [2.24, 2.45) is 0 Å². The van der Waals surface area contributed by atoms with Crippen molar-refractivity contribution < 1.29 is 9.21 Å². The Balaban J connectivity index is 1.51. The fourth-order valence-corrected chi connectivity index (χ4v) is 4.31. The van der Waals surface area contributed by atoms with Gasteiger partial charge < -0.3 is 14.3 Å². The maximum atomic E-state index is 12.5. The molecule has 0 aromatic carbocycles. The van der Waals surface area contributed by atoms with Gasteiger partial charge in [-0.3, -0.25) is 4.79 Å². The summed E-state index contributed by atoms with van der Waals surface area (Å²) in [4.78, 5) is 12.5. The van der Waals surface area contributed by atoms with Crippen LogP contribution in [0.4, 0.5) is 0 Å². The summed E-state index contributed by atoms with van der Waals surface area (Å²) in [7, 11) is 0. The van der Waals surface area contributed by atoms with Crippen molar-refractivity contribution in [3.63, 3.8) is 0 Å². The van der Waals surface area contributed by atoms with Crippen LogP contribution in [0.5, 0.6) is 0 Å². The molecule has 0 atom stereocenters. The average Bonchev–Trinajstić information content (AvgIpc) is 3.33. The number of hydrogen-bond donors (Lipinski definition) is 1. The first-order chi connectivity index (χ1) is 12.1. The Morgan fingerprint density at radius 3 is 2.96 bits per heavy atom. The Kier molecular flexibility index (Phi) is 6.04. The lowest BCUT2D eigenvalue weighted by atomic mass is 10.2. The third-order valence-corrected chi connectivity index (χ3v) is 5.86. The fourth-order valence-electron chi connectivity index (χ4n) is 2.73. The number of nitrogens with one attached hydrogen (secondary N) is 1. The van der Waals surface area contributed by atoms with Crippen molar-refractivity contribution >= 4 is 29.0 Å². The molecule has 0 spiro atoms. The zero-order valence-corrected chi connectivity index (χ0v) is 16.1. The van der Waals surface area contributed by atoms with Gasteiger partial charge in [-0.2, -0.15) is 23.1 Å². The fraction of sp³-hybridized carbons (Fsp3) is 0.316. The Bertz CT molecular complexity index is 805. The molecule has 0 aliphatic heterocycles. The first-order valence-electron chi connectivity index (χ1n) is 8.21. The van der Waals surface area contributed by atoms with Gasteiger partial charge >= 0.3 is 0 Å². The van der Waals surface area contributed by atoms with E-state index < -0.39 is 0 Å². The normalized spacial score (nSPS) is 11.0. The van der Waals surface area contributed by atoms with E-state index in [1.807, 2.05) is 43.8 Å². The summed E-state index contributed by atoms with van der Waals surface area (Å²) in [5.74, 6) is 2.79. The van der Waals surface area contributed by atoms with Crippen molar-refractivity contribution in [3.8, 4) is 0 Å². The van der Waals surface area contributed by atoms with Gasteiger partial charge in [0.15, 0.2) is 0 Å². The Morgan fingerprint density at radius 2 is 2.24 bits per heavy atom. The number of thioether (sulfide) groups is 1. The van der Waals surface area contributed by atoms with E-state index in [9.17, 15) is 4.79 Å². The number of carbonyl (C=O) groups excluding carboxylic acids is 1. The van der Waals surface area contributed by atoms with Gasteiger partial charge in [-0.15, -0.1) is 0 Å². The third-order valence-electron chi connectivity index (χ3n) is 4.09. The summed E-state index contributed by atoms with van der Waals surface area (Å²) in [6.45, 7) is 5.32. The zero-order chi connectivity index (χ0) is 17.6. The minimum atomic E-state index is -0.00470. The maximum absolute atomic E-state index is 12.5. The van der Waals surface area contributed by atoms with Crippen LogP contribution in [-0.4, -0.2) is 22.8 Å². The molecule has 1 amide bonds. The number of amides is 1. The second-order valence-corrected chi connectivity index (χ2v) is 7.78. The first kappa shape index (κ1) is 17.9. The molecule has 4 nitrogen and oxygen atoms in total. The summed E-state index contributed by atoms with van der Waals surface area (Å²) in [5, 5.41) is 7.28. The monoisotopic (exact) mass is 374 g/mol. The molecule has 0 fully saturated rings. The molecule has 0 saturated carbocycles. The Morgan fingerprint density at radius 1 is 1.36 bits per heavy atom. The number of rotatable bonds is 8. The van der Waals surface area contributed by atoms with Crippen molar-refractivity contribution in [2.75, 3.05) is 12.3 Å². The van der Waals surface area contributed by atoms with E-state index in [-0.39, 0.29) is 5.91 Å². The summed E-state index contributed by atoms with van der Waals surface area (Å²) in [6.07, 6.45) is 1.67. The highest BCUT2D eigenvalue weighted by atomic mass is 32.2. The van der Waals surface area contributed by atoms with Gasteiger partial charge in [0.05, 0.1) is 18.4 Å². The molecule has 25 heavy (non-hydrogen) atoms. The molecule has 0 bridgehead atoms. The summed E-state index contributed by atoms with van der Waals surface area (Å²) in [5.41, 5.74) is 4.12. The molecule has 3 heterocycles. The molecular weight excluding hydrogens is 352 g/mol. The molecule has 0 aliphatic carbocycles. The number of hydrogen-bond acceptors (Lipinski definition) is 4. The van der Waals surface area contributed by atoms with Gasteiger partial charge in [-0.25, -0.2) is 0 Å². The van der Waals surface area contributed by atoms with E-state index >= 15 is 0 Å². The molecular formula is C19H22N2O2S2. The smallest absolute Gasteiger partial charge is 0.253 e. The number of aromatic nitrogens is 1. The van der Waals surface area contributed by atoms with E-state index in [0.29, 0.717) is 13.1 Å². The Hall–Kier alpha value is -1.92. The van der Waals surface area contributed by atoms with Crippen molar-refractivity contribution in [1.29, 1.82) is 0 Å². The summed E-state index contributed by atoms with van der Waals surface area (Å²) >= 11 is 3.56. The van der Waals surface area contributed by atoms with Gasteiger partial charge in [0.25, 0.3) is 5.91 Å². The zero-order valence-electron chi connectivity index (χ0n) is 14.5. The van der Waals surface area contributed by atoms with Crippen LogP contribution in [0.2, 0.25) is 0 Å². The molecule has 6 heteroatoms. The highest BCUT2D eigenvalue weighted by molar-refractivity contribution is 7.98. The molecule has 0 unspecified atom stereocenters. The third kappa shape index (κ3) is 4.58. The van der Waals surface area contributed by atoms with Crippen LogP contribution < -0.4 is 5.32 Å². The van der Waals surface area contributed by atoms with E-state index in [1.165, 1.54) is 5.56 Å². The van der Waals surface area contributed by atoms with Gasteiger partial charge in [0.2, 0.25) is 0 Å². The highest BCUT2D eigenvalue weighted by Gasteiger charge is 2.16. The maximum Gasteiger partial charge on any atom is 0.253 e. The predicted octanol–water partition coefficient (Wildman–Crippen LogP) is 4.47. The van der Waals surface area contributed by atoms with Gasteiger partial charge in [-0.05, 0) is 54.4 Å². The number of furan rings is 1. The predicted molar refractivity (Wildman–Crippen MR) is 105 cm³/mol. The van der Waals surface area contributed by atoms with Crippen LogP contribution in [-0.2, 0) is 12.3 Å². The average molecular weight is 375 g/mol. The molecule has 3 aromatic rings. The van der Waals surface area contributed by atoms with Gasteiger partial charge in [0.1, 0.15) is 5.76 Å². The van der Waals surface area contributed by atoms with Crippen LogP contribution in [0.25, 0.3) is 0 Å². The van der Waals surface area contributed by atoms with Crippen LogP contribution in [0.1, 0.15) is 33.1 Å². The number of aryl methyl sites for hydroxylation is 1. The van der Waals surface area contributed by atoms with Crippen molar-refractivity contribution in [1.82, 2.24) is 9.88 Å². The number of thiophene rings is 1. The molecule has 132 valence electrons. The largest absolute Gasteiger partial charge is 0.467 e. The molecule has 3 aromatic heterocycles. The lowest BCUT2D eigenvalue weighted by Crippen LogP contribution is -2.26. The lowest BCUT2D eigenvalue weighted by Gasteiger charge is -2.08.